The number of nitrogens with one attached hydrogen (secondary N) is 1. The topological polar surface area (TPSA) is 53.9 Å². The molecule has 3 aromatic heterocycles. The van der Waals surface area contributed by atoms with Gasteiger partial charge in [-0.2, -0.15) is 0 Å². The average molecular weight is 311 g/mol. The Morgan fingerprint density at radius 1 is 1.05 bits per heavy atom. The highest BCUT2D eigenvalue weighted by Crippen LogP contribution is 2.27. The first-order chi connectivity index (χ1) is 10.9. The molecule has 0 amide bonds. The van der Waals surface area contributed by atoms with Crippen molar-refractivity contribution in [1.29, 1.82) is 0 Å². The van der Waals surface area contributed by atoms with Crippen molar-refractivity contribution in [1.82, 2.24) is 15.0 Å². The van der Waals surface area contributed by atoms with Crippen LogP contribution in [0.15, 0.2) is 42.2 Å². The largest absolute Gasteiger partial charge is 0.367 e. The van der Waals surface area contributed by atoms with Gasteiger partial charge < -0.3 is 10.2 Å². The fraction of sp³-hybridized carbons (Fsp3) is 0.312. The molecule has 1 aliphatic heterocycles. The molecule has 4 rings (SSSR count). The smallest absolute Gasteiger partial charge is 0.225 e. The second-order valence-electron chi connectivity index (χ2n) is 5.45. The minimum absolute atomic E-state index is 0.456. The molecular formula is C16H17N5S. The summed E-state index contributed by atoms with van der Waals surface area (Å²) in [4.78, 5) is 15.4. The van der Waals surface area contributed by atoms with E-state index in [0.29, 0.717) is 6.04 Å². The Balaban J connectivity index is 1.43. The predicted octanol–water partition coefficient (Wildman–Crippen LogP) is 3.17. The van der Waals surface area contributed by atoms with Crippen LogP contribution in [-0.2, 0) is 0 Å². The first-order valence-electron chi connectivity index (χ1n) is 7.51. The normalized spacial score (nSPS) is 16.1. The van der Waals surface area contributed by atoms with Crippen molar-refractivity contribution >= 4 is 33.2 Å². The number of nitrogens with zero attached hydrogens (tertiary/aromatic N) is 4. The van der Waals surface area contributed by atoms with Crippen LogP contribution in [-0.4, -0.2) is 34.1 Å². The lowest BCUT2D eigenvalue weighted by molar-refractivity contribution is 0.519. The molecule has 22 heavy (non-hydrogen) atoms. The number of anilines is 2. The van der Waals surface area contributed by atoms with Gasteiger partial charge in [-0.1, -0.05) is 0 Å². The van der Waals surface area contributed by atoms with Crippen LogP contribution in [0.4, 0.5) is 11.8 Å². The molecule has 0 bridgehead atoms. The zero-order valence-corrected chi connectivity index (χ0v) is 13.0. The van der Waals surface area contributed by atoms with E-state index < -0.39 is 0 Å². The average Bonchev–Trinajstić information content (AvgIpc) is 3.06. The van der Waals surface area contributed by atoms with Crippen LogP contribution in [0, 0.1) is 0 Å². The summed E-state index contributed by atoms with van der Waals surface area (Å²) >= 11 is 1.76. The van der Waals surface area contributed by atoms with Gasteiger partial charge >= 0.3 is 0 Å². The monoisotopic (exact) mass is 311 g/mol. The minimum Gasteiger partial charge on any atom is -0.367 e. The molecule has 4 heterocycles. The van der Waals surface area contributed by atoms with E-state index in [1.54, 1.807) is 23.7 Å². The van der Waals surface area contributed by atoms with Crippen molar-refractivity contribution in [3.05, 3.63) is 42.2 Å². The molecule has 0 spiro atoms. The summed E-state index contributed by atoms with van der Waals surface area (Å²) in [7, 11) is 0. The Morgan fingerprint density at radius 2 is 1.86 bits per heavy atom. The lowest BCUT2D eigenvalue weighted by Crippen LogP contribution is -2.40. The van der Waals surface area contributed by atoms with Gasteiger partial charge in [0.2, 0.25) is 5.95 Å². The number of pyridine rings is 1. The summed E-state index contributed by atoms with van der Waals surface area (Å²) in [6, 6.07) is 6.52. The summed E-state index contributed by atoms with van der Waals surface area (Å²) in [6.07, 6.45) is 7.62. The van der Waals surface area contributed by atoms with Gasteiger partial charge in [0.05, 0.1) is 0 Å². The summed E-state index contributed by atoms with van der Waals surface area (Å²) in [5.74, 6) is 1.84. The molecule has 0 saturated carbocycles. The van der Waals surface area contributed by atoms with Crippen molar-refractivity contribution in [3.8, 4) is 0 Å². The van der Waals surface area contributed by atoms with Crippen LogP contribution in [0.2, 0.25) is 0 Å². The number of aromatic nitrogens is 3. The molecule has 0 aromatic carbocycles. The van der Waals surface area contributed by atoms with E-state index in [1.807, 2.05) is 12.3 Å². The predicted molar refractivity (Wildman–Crippen MR) is 90.5 cm³/mol. The summed E-state index contributed by atoms with van der Waals surface area (Å²) in [6.45, 7) is 1.95. The van der Waals surface area contributed by atoms with Crippen molar-refractivity contribution in [2.24, 2.45) is 0 Å². The first-order valence-corrected chi connectivity index (χ1v) is 8.39. The van der Waals surface area contributed by atoms with E-state index in [0.717, 1.165) is 37.7 Å². The molecule has 112 valence electrons. The second-order valence-corrected chi connectivity index (χ2v) is 6.39. The SMILES string of the molecule is c1cnc(N2CCC(Nc3nccc4sccc34)CC2)nc1. The van der Waals surface area contributed by atoms with Gasteiger partial charge in [0, 0.05) is 47.8 Å². The third kappa shape index (κ3) is 2.62. The number of thiophene rings is 1. The molecule has 0 aliphatic carbocycles. The second kappa shape index (κ2) is 5.88. The van der Waals surface area contributed by atoms with Crippen molar-refractivity contribution in [3.63, 3.8) is 0 Å². The minimum atomic E-state index is 0.456. The Kier molecular flexibility index (Phi) is 3.60. The number of piperidine rings is 1. The van der Waals surface area contributed by atoms with E-state index in [2.05, 4.69) is 42.7 Å². The van der Waals surface area contributed by atoms with Crippen molar-refractivity contribution < 1.29 is 0 Å². The number of rotatable bonds is 3. The van der Waals surface area contributed by atoms with E-state index in [9.17, 15) is 0 Å². The standard InChI is InChI=1S/C16H17N5S/c1-6-18-16(19-7-1)21-9-3-12(4-10-21)20-15-13-5-11-22-14(13)2-8-17-15/h1-2,5-8,11-12H,3-4,9-10H2,(H,17,20). The first kappa shape index (κ1) is 13.5. The van der Waals surface area contributed by atoms with Gasteiger partial charge in [-0.25, -0.2) is 15.0 Å². The molecule has 0 atom stereocenters. The van der Waals surface area contributed by atoms with Crippen LogP contribution in [0.1, 0.15) is 12.8 Å². The molecule has 0 unspecified atom stereocenters. The zero-order chi connectivity index (χ0) is 14.8. The highest BCUT2D eigenvalue weighted by Gasteiger charge is 2.21. The Bertz CT molecular complexity index is 749. The van der Waals surface area contributed by atoms with E-state index in [1.165, 1.54) is 10.1 Å². The molecule has 5 nitrogen and oxygen atoms in total. The van der Waals surface area contributed by atoms with Gasteiger partial charge in [0.1, 0.15) is 5.82 Å². The third-order valence-electron chi connectivity index (χ3n) is 4.05. The fourth-order valence-corrected chi connectivity index (χ4v) is 3.66. The van der Waals surface area contributed by atoms with Crippen LogP contribution >= 0.6 is 11.3 Å². The summed E-state index contributed by atoms with van der Waals surface area (Å²) in [5, 5.41) is 6.95. The quantitative estimate of drug-likeness (QED) is 0.805. The lowest BCUT2D eigenvalue weighted by Gasteiger charge is -2.32. The fourth-order valence-electron chi connectivity index (χ4n) is 2.88. The number of hydrogen-bond donors (Lipinski definition) is 1. The molecule has 1 N–H and O–H groups in total. The van der Waals surface area contributed by atoms with Gasteiger partial charge in [-0.15, -0.1) is 11.3 Å². The maximum absolute atomic E-state index is 4.51. The molecule has 0 radical (unpaired) electrons. The van der Waals surface area contributed by atoms with Crippen molar-refractivity contribution in [2.75, 3.05) is 23.3 Å². The van der Waals surface area contributed by atoms with E-state index in [-0.39, 0.29) is 0 Å². The highest BCUT2D eigenvalue weighted by molar-refractivity contribution is 7.17. The van der Waals surface area contributed by atoms with Gasteiger partial charge in [0.15, 0.2) is 0 Å². The van der Waals surface area contributed by atoms with Crippen LogP contribution in [0.3, 0.4) is 0 Å². The van der Waals surface area contributed by atoms with Gasteiger partial charge in [-0.3, -0.25) is 0 Å². The number of fused-ring (bicyclic) bond motifs is 1. The summed E-state index contributed by atoms with van der Waals surface area (Å²) in [5.41, 5.74) is 0. The van der Waals surface area contributed by atoms with Gasteiger partial charge in [0.25, 0.3) is 0 Å². The van der Waals surface area contributed by atoms with Crippen LogP contribution in [0.25, 0.3) is 10.1 Å². The highest BCUT2D eigenvalue weighted by atomic mass is 32.1. The zero-order valence-electron chi connectivity index (χ0n) is 12.1. The van der Waals surface area contributed by atoms with Crippen molar-refractivity contribution in [2.45, 2.75) is 18.9 Å². The Morgan fingerprint density at radius 3 is 2.68 bits per heavy atom. The molecular weight excluding hydrogens is 294 g/mol. The molecule has 1 aliphatic rings. The van der Waals surface area contributed by atoms with E-state index >= 15 is 0 Å². The third-order valence-corrected chi connectivity index (χ3v) is 4.93. The van der Waals surface area contributed by atoms with Gasteiger partial charge in [-0.05, 0) is 36.4 Å². The van der Waals surface area contributed by atoms with Crippen LogP contribution in [0.5, 0.6) is 0 Å². The maximum atomic E-state index is 4.51. The summed E-state index contributed by atoms with van der Waals surface area (Å²) < 4.78 is 1.28. The van der Waals surface area contributed by atoms with E-state index in [4.69, 9.17) is 0 Å². The lowest BCUT2D eigenvalue weighted by atomic mass is 10.1. The Labute approximate surface area is 133 Å². The molecule has 3 aromatic rings. The van der Waals surface area contributed by atoms with Crippen LogP contribution < -0.4 is 10.2 Å². The molecule has 1 saturated heterocycles. The molecule has 6 heteroatoms. The molecule has 1 fully saturated rings. The number of hydrogen-bond acceptors (Lipinski definition) is 6. The Hall–Kier alpha value is -2.21. The maximum Gasteiger partial charge on any atom is 0.225 e.